The van der Waals surface area contributed by atoms with Crippen LogP contribution in [0.1, 0.15) is 38.5 Å². The average Bonchev–Trinajstić information content (AvgIpc) is 2.37. The number of carbonyl (C=O) groups is 1. The molecule has 86 valence electrons. The maximum Gasteiger partial charge on any atom is 0.326 e. The Kier molecular flexibility index (Phi) is 3.26. The zero-order valence-corrected chi connectivity index (χ0v) is 9.04. The van der Waals surface area contributed by atoms with Gasteiger partial charge in [-0.15, -0.1) is 0 Å². The Morgan fingerprint density at radius 1 is 1.20 bits per heavy atom. The highest BCUT2D eigenvalue weighted by molar-refractivity contribution is 5.80. The number of hydrogen-bond donors (Lipinski definition) is 1. The fraction of sp³-hybridized carbons (Fsp3) is 0.909. The van der Waals surface area contributed by atoms with Crippen LogP contribution in [0.3, 0.4) is 0 Å². The molecule has 4 nitrogen and oxygen atoms in total. The Labute approximate surface area is 90.1 Å². The van der Waals surface area contributed by atoms with Crippen molar-refractivity contribution in [3.8, 4) is 0 Å². The van der Waals surface area contributed by atoms with Gasteiger partial charge in [-0.05, 0) is 12.8 Å². The first-order chi connectivity index (χ1) is 7.21. The van der Waals surface area contributed by atoms with Gasteiger partial charge in [0.15, 0.2) is 0 Å². The molecule has 2 aliphatic rings. The summed E-state index contributed by atoms with van der Waals surface area (Å²) in [6.07, 6.45) is 5.90. The summed E-state index contributed by atoms with van der Waals surface area (Å²) in [5.41, 5.74) is 5.38. The fourth-order valence-corrected chi connectivity index (χ4v) is 2.11. The predicted molar refractivity (Wildman–Crippen MR) is 55.3 cm³/mol. The molecule has 0 amide bonds. The third-order valence-corrected chi connectivity index (χ3v) is 3.28. The molecular weight excluding hydrogens is 194 g/mol. The Morgan fingerprint density at radius 3 is 2.27 bits per heavy atom. The second-order valence-electron chi connectivity index (χ2n) is 4.64. The number of rotatable bonds is 2. The van der Waals surface area contributed by atoms with Crippen molar-refractivity contribution in [2.75, 3.05) is 13.2 Å². The van der Waals surface area contributed by atoms with Gasteiger partial charge in [0.05, 0.1) is 13.2 Å². The Hall–Kier alpha value is -0.610. The highest BCUT2D eigenvalue weighted by Crippen LogP contribution is 2.26. The lowest BCUT2D eigenvalue weighted by molar-refractivity contribution is -0.178. The van der Waals surface area contributed by atoms with E-state index in [0.29, 0.717) is 13.2 Å². The van der Waals surface area contributed by atoms with E-state index in [1.165, 1.54) is 12.8 Å². The normalized spacial score (nSPS) is 26.5. The topological polar surface area (TPSA) is 61.6 Å². The molecular formula is C11H19NO3. The molecule has 0 aromatic carbocycles. The van der Waals surface area contributed by atoms with E-state index in [4.69, 9.17) is 15.2 Å². The molecule has 0 spiro atoms. The van der Waals surface area contributed by atoms with Gasteiger partial charge in [0, 0.05) is 0 Å². The van der Waals surface area contributed by atoms with Crippen LogP contribution in [0.4, 0.5) is 0 Å². The highest BCUT2D eigenvalue weighted by atomic mass is 16.6. The van der Waals surface area contributed by atoms with Crippen LogP contribution in [0.25, 0.3) is 0 Å². The number of hydrogen-bond acceptors (Lipinski definition) is 4. The smallest absolute Gasteiger partial charge is 0.326 e. The van der Waals surface area contributed by atoms with Crippen molar-refractivity contribution in [3.63, 3.8) is 0 Å². The van der Waals surface area contributed by atoms with E-state index in [1.807, 2.05) is 0 Å². The fourth-order valence-electron chi connectivity index (χ4n) is 2.11. The van der Waals surface area contributed by atoms with Gasteiger partial charge in [0.25, 0.3) is 0 Å². The number of nitrogens with two attached hydrogens (primary N) is 1. The summed E-state index contributed by atoms with van der Waals surface area (Å²) < 4.78 is 10.3. The number of carbonyl (C=O) groups excluding carboxylic acids is 1. The minimum Gasteiger partial charge on any atom is -0.456 e. The zero-order valence-electron chi connectivity index (χ0n) is 9.04. The average molecular weight is 213 g/mol. The van der Waals surface area contributed by atoms with Crippen LogP contribution in [0, 0.1) is 0 Å². The van der Waals surface area contributed by atoms with Crippen LogP contribution in [0.2, 0.25) is 0 Å². The molecule has 2 N–H and O–H groups in total. The second kappa shape index (κ2) is 4.49. The number of ether oxygens (including phenoxy) is 2. The first kappa shape index (κ1) is 10.9. The summed E-state index contributed by atoms with van der Waals surface area (Å²) >= 11 is 0. The van der Waals surface area contributed by atoms with Crippen LogP contribution in [0.5, 0.6) is 0 Å². The van der Waals surface area contributed by atoms with Crippen LogP contribution in [-0.4, -0.2) is 30.8 Å². The summed E-state index contributed by atoms with van der Waals surface area (Å²) in [5.74, 6) is -0.224. The quantitative estimate of drug-likeness (QED) is 0.548. The molecule has 0 aromatic heterocycles. The standard InChI is InChI=1S/C11H19NO3/c12-11(5-3-1-2-4-6-11)10(13)15-9-7-14-8-9/h9H,1-8,12H2. The summed E-state index contributed by atoms with van der Waals surface area (Å²) in [7, 11) is 0. The van der Waals surface area contributed by atoms with Gasteiger partial charge >= 0.3 is 5.97 Å². The minimum atomic E-state index is -0.730. The lowest BCUT2D eigenvalue weighted by Gasteiger charge is -2.31. The van der Waals surface area contributed by atoms with Crippen molar-refractivity contribution < 1.29 is 14.3 Å². The van der Waals surface area contributed by atoms with Crippen molar-refractivity contribution in [1.29, 1.82) is 0 Å². The Morgan fingerprint density at radius 2 is 1.80 bits per heavy atom. The lowest BCUT2D eigenvalue weighted by atomic mass is 9.91. The molecule has 4 heteroatoms. The van der Waals surface area contributed by atoms with E-state index in [0.717, 1.165) is 25.7 Å². The van der Waals surface area contributed by atoms with Crippen molar-refractivity contribution in [3.05, 3.63) is 0 Å². The molecule has 1 saturated heterocycles. The summed E-state index contributed by atoms with van der Waals surface area (Å²) in [4.78, 5) is 11.9. The van der Waals surface area contributed by atoms with E-state index in [9.17, 15) is 4.79 Å². The molecule has 15 heavy (non-hydrogen) atoms. The second-order valence-corrected chi connectivity index (χ2v) is 4.64. The van der Waals surface area contributed by atoms with Gasteiger partial charge in [-0.1, -0.05) is 25.7 Å². The number of esters is 1. The molecule has 1 aliphatic carbocycles. The molecule has 0 unspecified atom stereocenters. The largest absolute Gasteiger partial charge is 0.456 e. The molecule has 1 heterocycles. The molecule has 2 fully saturated rings. The molecule has 0 atom stereocenters. The SMILES string of the molecule is NC1(C(=O)OC2COC2)CCCCCC1. The molecule has 0 radical (unpaired) electrons. The van der Waals surface area contributed by atoms with Gasteiger partial charge in [0.2, 0.25) is 0 Å². The summed E-state index contributed by atoms with van der Waals surface area (Å²) in [5, 5.41) is 0. The van der Waals surface area contributed by atoms with Crippen LogP contribution >= 0.6 is 0 Å². The third kappa shape index (κ3) is 2.49. The van der Waals surface area contributed by atoms with E-state index < -0.39 is 5.54 Å². The highest BCUT2D eigenvalue weighted by Gasteiger charge is 2.38. The van der Waals surface area contributed by atoms with E-state index >= 15 is 0 Å². The molecule has 1 saturated carbocycles. The summed E-state index contributed by atoms with van der Waals surface area (Å²) in [6.45, 7) is 1.06. The van der Waals surface area contributed by atoms with Crippen molar-refractivity contribution in [2.24, 2.45) is 5.73 Å². The monoisotopic (exact) mass is 213 g/mol. The van der Waals surface area contributed by atoms with E-state index in [1.54, 1.807) is 0 Å². The Balaban J connectivity index is 1.89. The van der Waals surface area contributed by atoms with Crippen LogP contribution < -0.4 is 5.73 Å². The van der Waals surface area contributed by atoms with Gasteiger partial charge in [-0.25, -0.2) is 0 Å². The molecule has 0 bridgehead atoms. The van der Waals surface area contributed by atoms with Crippen LogP contribution in [-0.2, 0) is 14.3 Å². The van der Waals surface area contributed by atoms with E-state index in [-0.39, 0.29) is 12.1 Å². The minimum absolute atomic E-state index is 0.0545. The lowest BCUT2D eigenvalue weighted by Crippen LogP contribution is -2.52. The van der Waals surface area contributed by atoms with Gasteiger partial charge < -0.3 is 15.2 Å². The molecule has 2 rings (SSSR count). The molecule has 0 aromatic rings. The Bertz CT molecular complexity index is 230. The van der Waals surface area contributed by atoms with Gasteiger partial charge in [-0.3, -0.25) is 4.79 Å². The first-order valence-corrected chi connectivity index (χ1v) is 5.78. The predicted octanol–water partition coefficient (Wildman–Crippen LogP) is 0.980. The zero-order chi connectivity index (χ0) is 10.7. The van der Waals surface area contributed by atoms with Crippen molar-refractivity contribution in [2.45, 2.75) is 50.2 Å². The van der Waals surface area contributed by atoms with Crippen LogP contribution in [0.15, 0.2) is 0 Å². The third-order valence-electron chi connectivity index (χ3n) is 3.28. The maximum atomic E-state index is 11.9. The van der Waals surface area contributed by atoms with Crippen molar-refractivity contribution in [1.82, 2.24) is 0 Å². The first-order valence-electron chi connectivity index (χ1n) is 5.78. The van der Waals surface area contributed by atoms with Crippen molar-refractivity contribution >= 4 is 5.97 Å². The maximum absolute atomic E-state index is 11.9. The summed E-state index contributed by atoms with van der Waals surface area (Å²) in [6, 6.07) is 0. The van der Waals surface area contributed by atoms with Gasteiger partial charge in [-0.2, -0.15) is 0 Å². The molecule has 1 aliphatic heterocycles. The van der Waals surface area contributed by atoms with Gasteiger partial charge in [0.1, 0.15) is 11.6 Å². The van der Waals surface area contributed by atoms with E-state index in [2.05, 4.69) is 0 Å².